The van der Waals surface area contributed by atoms with Gasteiger partial charge in [-0.15, -0.1) is 0 Å². The van der Waals surface area contributed by atoms with Gasteiger partial charge in [0.05, 0.1) is 16.7 Å². The Balaban J connectivity index is 3.05. The molecule has 0 spiro atoms. The van der Waals surface area contributed by atoms with Crippen molar-refractivity contribution >= 4 is 15.6 Å². The number of carbonyl (C=O) groups excluding carboxylic acids is 1. The topological polar surface area (TPSA) is 77.2 Å². The number of sulfone groups is 1. The van der Waals surface area contributed by atoms with Gasteiger partial charge in [0.15, 0.2) is 15.6 Å². The third-order valence-electron chi connectivity index (χ3n) is 2.42. The van der Waals surface area contributed by atoms with Crippen molar-refractivity contribution in [2.24, 2.45) is 5.73 Å². The van der Waals surface area contributed by atoms with Crippen LogP contribution in [-0.4, -0.2) is 20.0 Å². The van der Waals surface area contributed by atoms with Crippen molar-refractivity contribution in [2.75, 3.05) is 5.75 Å². The zero-order valence-corrected chi connectivity index (χ0v) is 10.1. The highest BCUT2D eigenvalue weighted by Crippen LogP contribution is 2.16. The third-order valence-corrected chi connectivity index (χ3v) is 4.17. The first-order valence-corrected chi connectivity index (χ1v) is 6.62. The molecule has 4 nitrogen and oxygen atoms in total. The number of benzene rings is 1. The molecule has 1 aromatic carbocycles. The fourth-order valence-electron chi connectivity index (χ4n) is 1.28. The molecule has 0 saturated heterocycles. The summed E-state index contributed by atoms with van der Waals surface area (Å²) >= 11 is 0. The third kappa shape index (κ3) is 2.68. The van der Waals surface area contributed by atoms with Crippen LogP contribution in [0.1, 0.15) is 25.5 Å². The van der Waals surface area contributed by atoms with Crippen molar-refractivity contribution in [3.8, 4) is 0 Å². The van der Waals surface area contributed by atoms with Gasteiger partial charge in [-0.2, -0.15) is 0 Å². The molecule has 0 aliphatic heterocycles. The lowest BCUT2D eigenvalue weighted by molar-refractivity contribution is -0.118. The number of rotatable bonds is 4. The summed E-state index contributed by atoms with van der Waals surface area (Å²) < 4.78 is 23.0. The van der Waals surface area contributed by atoms with E-state index in [1.54, 1.807) is 19.1 Å². The van der Waals surface area contributed by atoms with Crippen LogP contribution in [0.2, 0.25) is 0 Å². The fourth-order valence-corrected chi connectivity index (χ4v) is 2.17. The van der Waals surface area contributed by atoms with Crippen LogP contribution >= 0.6 is 0 Å². The van der Waals surface area contributed by atoms with Gasteiger partial charge in [0.1, 0.15) is 0 Å². The van der Waals surface area contributed by atoms with Gasteiger partial charge in [-0.3, -0.25) is 4.79 Å². The summed E-state index contributed by atoms with van der Waals surface area (Å²) in [6.07, 6.45) is 0. The number of ketones is 1. The maximum atomic E-state index is 11.5. The van der Waals surface area contributed by atoms with E-state index in [1.807, 2.05) is 0 Å². The SMILES string of the molecule is CCS(=O)(=O)c1ccc(C(N)C(C)=O)cc1. The Kier molecular flexibility index (Phi) is 3.83. The Labute approximate surface area is 95.4 Å². The highest BCUT2D eigenvalue weighted by Gasteiger charge is 2.14. The van der Waals surface area contributed by atoms with Crippen LogP contribution in [0.5, 0.6) is 0 Å². The Bertz CT molecular complexity index is 476. The van der Waals surface area contributed by atoms with Crippen molar-refractivity contribution in [2.45, 2.75) is 24.8 Å². The summed E-state index contributed by atoms with van der Waals surface area (Å²) in [5.41, 5.74) is 6.26. The van der Waals surface area contributed by atoms with Gasteiger partial charge >= 0.3 is 0 Å². The molecule has 5 heteroatoms. The zero-order valence-electron chi connectivity index (χ0n) is 9.30. The first kappa shape index (κ1) is 12.9. The van der Waals surface area contributed by atoms with E-state index in [1.165, 1.54) is 19.1 Å². The smallest absolute Gasteiger partial charge is 0.178 e. The molecule has 2 N–H and O–H groups in total. The van der Waals surface area contributed by atoms with E-state index in [2.05, 4.69) is 0 Å². The van der Waals surface area contributed by atoms with Crippen molar-refractivity contribution in [3.05, 3.63) is 29.8 Å². The molecule has 1 atom stereocenters. The summed E-state index contributed by atoms with van der Waals surface area (Å²) in [5.74, 6) is -0.0865. The van der Waals surface area contributed by atoms with Crippen LogP contribution in [0, 0.1) is 0 Å². The average molecular weight is 241 g/mol. The quantitative estimate of drug-likeness (QED) is 0.855. The normalized spacial score (nSPS) is 13.4. The molecule has 0 bridgehead atoms. The van der Waals surface area contributed by atoms with E-state index in [0.29, 0.717) is 5.56 Å². The lowest BCUT2D eigenvalue weighted by Crippen LogP contribution is -2.18. The second-order valence-electron chi connectivity index (χ2n) is 3.56. The van der Waals surface area contributed by atoms with E-state index in [4.69, 9.17) is 5.73 Å². The van der Waals surface area contributed by atoms with Crippen LogP contribution < -0.4 is 5.73 Å². The molecule has 0 saturated carbocycles. The molecule has 1 rings (SSSR count). The van der Waals surface area contributed by atoms with Gasteiger partial charge in [0, 0.05) is 0 Å². The van der Waals surface area contributed by atoms with E-state index in [-0.39, 0.29) is 16.4 Å². The number of hydrogen-bond donors (Lipinski definition) is 1. The lowest BCUT2D eigenvalue weighted by Gasteiger charge is -2.08. The van der Waals surface area contributed by atoms with Crippen molar-refractivity contribution in [1.29, 1.82) is 0 Å². The van der Waals surface area contributed by atoms with Gasteiger partial charge in [-0.25, -0.2) is 8.42 Å². The van der Waals surface area contributed by atoms with E-state index >= 15 is 0 Å². The van der Waals surface area contributed by atoms with E-state index in [9.17, 15) is 13.2 Å². The first-order valence-electron chi connectivity index (χ1n) is 4.97. The van der Waals surface area contributed by atoms with Gasteiger partial charge in [-0.1, -0.05) is 19.1 Å². The highest BCUT2D eigenvalue weighted by atomic mass is 32.2. The molecular formula is C11H15NO3S. The fraction of sp³-hybridized carbons (Fsp3) is 0.364. The number of nitrogens with two attached hydrogens (primary N) is 1. The highest BCUT2D eigenvalue weighted by molar-refractivity contribution is 7.91. The molecule has 0 aliphatic carbocycles. The largest absolute Gasteiger partial charge is 0.318 e. The second kappa shape index (κ2) is 4.76. The molecule has 0 fully saturated rings. The predicted octanol–water partition coefficient (Wildman–Crippen LogP) is 1.07. The molecular weight excluding hydrogens is 226 g/mol. The van der Waals surface area contributed by atoms with Gasteiger partial charge in [0.2, 0.25) is 0 Å². The molecule has 1 aromatic rings. The van der Waals surface area contributed by atoms with Gasteiger partial charge in [0.25, 0.3) is 0 Å². The Morgan fingerprint density at radius 3 is 2.19 bits per heavy atom. The summed E-state index contributed by atoms with van der Waals surface area (Å²) in [6, 6.07) is 5.44. The summed E-state index contributed by atoms with van der Waals surface area (Å²) in [6.45, 7) is 2.99. The zero-order chi connectivity index (χ0) is 12.3. The van der Waals surface area contributed by atoms with Crippen LogP contribution in [-0.2, 0) is 14.6 Å². The molecule has 1 unspecified atom stereocenters. The molecule has 0 amide bonds. The van der Waals surface area contributed by atoms with Crippen molar-refractivity contribution in [3.63, 3.8) is 0 Å². The molecule has 0 radical (unpaired) electrons. The first-order chi connectivity index (χ1) is 7.38. The van der Waals surface area contributed by atoms with E-state index in [0.717, 1.165) is 0 Å². The minimum absolute atomic E-state index is 0.0606. The van der Waals surface area contributed by atoms with Gasteiger partial charge < -0.3 is 5.73 Å². The van der Waals surface area contributed by atoms with Crippen LogP contribution in [0.4, 0.5) is 0 Å². The minimum Gasteiger partial charge on any atom is -0.318 e. The summed E-state index contributed by atoms with van der Waals surface area (Å²) in [4.78, 5) is 11.3. The molecule has 88 valence electrons. The summed E-state index contributed by atoms with van der Waals surface area (Å²) in [7, 11) is -3.19. The van der Waals surface area contributed by atoms with E-state index < -0.39 is 15.9 Å². The van der Waals surface area contributed by atoms with Crippen LogP contribution in [0.25, 0.3) is 0 Å². The Hall–Kier alpha value is -1.20. The Morgan fingerprint density at radius 1 is 1.31 bits per heavy atom. The average Bonchev–Trinajstić information content (AvgIpc) is 2.28. The predicted molar refractivity (Wildman–Crippen MR) is 61.8 cm³/mol. The maximum Gasteiger partial charge on any atom is 0.178 e. The monoisotopic (exact) mass is 241 g/mol. The number of carbonyl (C=O) groups is 1. The molecule has 0 aliphatic rings. The standard InChI is InChI=1S/C11H15NO3S/c1-3-16(14,15)10-6-4-9(5-7-10)11(12)8(2)13/h4-7,11H,3,12H2,1-2H3. The number of Topliss-reactive ketones (excluding diaryl/α,β-unsaturated/α-hetero) is 1. The molecule has 16 heavy (non-hydrogen) atoms. The Morgan fingerprint density at radius 2 is 1.81 bits per heavy atom. The minimum atomic E-state index is -3.19. The maximum absolute atomic E-state index is 11.5. The lowest BCUT2D eigenvalue weighted by atomic mass is 10.1. The van der Waals surface area contributed by atoms with Crippen LogP contribution in [0.15, 0.2) is 29.2 Å². The van der Waals surface area contributed by atoms with Crippen molar-refractivity contribution < 1.29 is 13.2 Å². The molecule has 0 heterocycles. The second-order valence-corrected chi connectivity index (χ2v) is 5.84. The van der Waals surface area contributed by atoms with Crippen LogP contribution in [0.3, 0.4) is 0 Å². The summed E-state index contributed by atoms with van der Waals surface area (Å²) in [5, 5.41) is 0. The number of hydrogen-bond acceptors (Lipinski definition) is 4. The molecule has 0 aromatic heterocycles. The van der Waals surface area contributed by atoms with Gasteiger partial charge in [-0.05, 0) is 24.6 Å². The van der Waals surface area contributed by atoms with Crippen molar-refractivity contribution in [1.82, 2.24) is 0 Å².